The van der Waals surface area contributed by atoms with Gasteiger partial charge in [-0.25, -0.2) is 0 Å². The van der Waals surface area contributed by atoms with E-state index in [0.717, 1.165) is 23.8 Å². The van der Waals surface area contributed by atoms with E-state index < -0.39 is 12.2 Å². The van der Waals surface area contributed by atoms with Crippen LogP contribution in [0.15, 0.2) is 30.3 Å². The predicted molar refractivity (Wildman–Crippen MR) is 76.0 cm³/mol. The van der Waals surface area contributed by atoms with Crippen molar-refractivity contribution < 1.29 is 10.2 Å². The average molecular weight is 257 g/mol. The summed E-state index contributed by atoms with van der Waals surface area (Å²) in [5.74, 6) is 0. The maximum Gasteiger partial charge on any atom is 0.105 e. The van der Waals surface area contributed by atoms with Gasteiger partial charge >= 0.3 is 0 Å². The van der Waals surface area contributed by atoms with Crippen molar-refractivity contribution >= 4 is 10.8 Å². The number of aliphatic hydroxyl groups is 2. The van der Waals surface area contributed by atoms with Crippen LogP contribution in [0.5, 0.6) is 0 Å². The first kappa shape index (κ1) is 12.6. The second-order valence-electron chi connectivity index (χ2n) is 5.24. The molecule has 0 amide bonds. The lowest BCUT2D eigenvalue weighted by atomic mass is 9.94. The van der Waals surface area contributed by atoms with Gasteiger partial charge in [-0.05, 0) is 53.3 Å². The molecular weight excluding hydrogens is 238 g/mol. The predicted octanol–water partition coefficient (Wildman–Crippen LogP) is 1.68. The van der Waals surface area contributed by atoms with Gasteiger partial charge in [0.05, 0.1) is 6.10 Å². The Bertz CT molecular complexity index is 599. The van der Waals surface area contributed by atoms with Gasteiger partial charge in [0.25, 0.3) is 0 Å². The summed E-state index contributed by atoms with van der Waals surface area (Å²) >= 11 is 0. The number of aliphatic hydroxyl groups excluding tert-OH is 2. The third kappa shape index (κ3) is 2.04. The summed E-state index contributed by atoms with van der Waals surface area (Å²) in [5, 5.41) is 22.6. The van der Waals surface area contributed by atoms with Crippen molar-refractivity contribution in [2.45, 2.75) is 31.5 Å². The van der Waals surface area contributed by atoms with Crippen molar-refractivity contribution in [2.75, 3.05) is 6.54 Å². The monoisotopic (exact) mass is 257 g/mol. The Hall–Kier alpha value is -1.42. The molecule has 3 heteroatoms. The summed E-state index contributed by atoms with van der Waals surface area (Å²) in [6.45, 7) is 0.374. The summed E-state index contributed by atoms with van der Waals surface area (Å²) in [6, 6.07) is 10.2. The van der Waals surface area contributed by atoms with Crippen molar-refractivity contribution in [2.24, 2.45) is 5.73 Å². The van der Waals surface area contributed by atoms with Crippen LogP contribution >= 0.6 is 0 Å². The number of hydrogen-bond acceptors (Lipinski definition) is 3. The molecule has 0 aromatic heterocycles. The van der Waals surface area contributed by atoms with E-state index in [1.165, 1.54) is 16.5 Å². The van der Waals surface area contributed by atoms with Crippen molar-refractivity contribution in [1.82, 2.24) is 0 Å². The molecule has 0 bridgehead atoms. The summed E-state index contributed by atoms with van der Waals surface area (Å²) in [7, 11) is 0. The first-order valence-electron chi connectivity index (χ1n) is 6.82. The van der Waals surface area contributed by atoms with E-state index in [9.17, 15) is 10.2 Å². The van der Waals surface area contributed by atoms with Gasteiger partial charge in [0, 0.05) is 0 Å². The minimum absolute atomic E-state index is 0.374. The zero-order valence-electron chi connectivity index (χ0n) is 10.8. The first-order valence-corrected chi connectivity index (χ1v) is 6.82. The zero-order chi connectivity index (χ0) is 13.4. The number of aryl methyl sites for hydroxylation is 2. The molecule has 0 spiro atoms. The smallest absolute Gasteiger partial charge is 0.105 e. The van der Waals surface area contributed by atoms with E-state index in [-0.39, 0.29) is 0 Å². The van der Waals surface area contributed by atoms with Crippen LogP contribution in [0.25, 0.3) is 10.8 Å². The quantitative estimate of drug-likeness (QED) is 0.780. The maximum atomic E-state index is 10.3. The first-order chi connectivity index (χ1) is 9.22. The third-order valence-corrected chi connectivity index (χ3v) is 4.06. The van der Waals surface area contributed by atoms with Crippen LogP contribution in [0.1, 0.15) is 29.2 Å². The maximum absolute atomic E-state index is 10.3. The molecule has 1 aliphatic rings. The molecule has 1 aliphatic carbocycles. The standard InChI is InChI=1S/C16H19NO2/c17-9-8-14(18)16(19)13-7-6-11-5-4-10-2-1-3-12(13)15(10)11/h1-3,6-7,14,16,18-19H,4-5,8-9,17H2. The lowest BCUT2D eigenvalue weighted by Crippen LogP contribution is -2.22. The average Bonchev–Trinajstić information content (AvgIpc) is 2.84. The summed E-state index contributed by atoms with van der Waals surface area (Å²) in [6.07, 6.45) is 0.871. The van der Waals surface area contributed by atoms with Gasteiger partial charge < -0.3 is 15.9 Å². The molecule has 2 atom stereocenters. The van der Waals surface area contributed by atoms with Gasteiger partial charge in [-0.2, -0.15) is 0 Å². The fourth-order valence-corrected chi connectivity index (χ4v) is 3.06. The van der Waals surface area contributed by atoms with Gasteiger partial charge in [0.2, 0.25) is 0 Å². The fraction of sp³-hybridized carbons (Fsp3) is 0.375. The van der Waals surface area contributed by atoms with Crippen LogP contribution in [0.4, 0.5) is 0 Å². The van der Waals surface area contributed by atoms with E-state index in [0.29, 0.717) is 13.0 Å². The van der Waals surface area contributed by atoms with Crippen molar-refractivity contribution in [3.63, 3.8) is 0 Å². The molecule has 3 rings (SSSR count). The molecule has 0 heterocycles. The minimum atomic E-state index is -0.867. The number of nitrogens with two attached hydrogens (primary N) is 1. The molecule has 2 aromatic rings. The molecule has 2 aromatic carbocycles. The van der Waals surface area contributed by atoms with E-state index >= 15 is 0 Å². The largest absolute Gasteiger partial charge is 0.390 e. The Morgan fingerprint density at radius 3 is 2.53 bits per heavy atom. The van der Waals surface area contributed by atoms with Crippen molar-refractivity contribution in [3.8, 4) is 0 Å². The van der Waals surface area contributed by atoms with Gasteiger partial charge in [-0.1, -0.05) is 30.3 Å². The number of hydrogen-bond donors (Lipinski definition) is 3. The highest BCUT2D eigenvalue weighted by Gasteiger charge is 2.22. The molecule has 4 N–H and O–H groups in total. The summed E-state index contributed by atoms with van der Waals surface area (Å²) < 4.78 is 0. The minimum Gasteiger partial charge on any atom is -0.390 e. The molecule has 2 unspecified atom stereocenters. The van der Waals surface area contributed by atoms with Crippen molar-refractivity contribution in [1.29, 1.82) is 0 Å². The normalized spacial score (nSPS) is 16.8. The second-order valence-corrected chi connectivity index (χ2v) is 5.24. The van der Waals surface area contributed by atoms with E-state index in [4.69, 9.17) is 5.73 Å². The topological polar surface area (TPSA) is 66.5 Å². The van der Waals surface area contributed by atoms with E-state index in [2.05, 4.69) is 12.1 Å². The Morgan fingerprint density at radius 1 is 1.05 bits per heavy atom. The van der Waals surface area contributed by atoms with Gasteiger partial charge in [0.15, 0.2) is 0 Å². The highest BCUT2D eigenvalue weighted by atomic mass is 16.3. The SMILES string of the molecule is NCCC(O)C(O)c1ccc2c3c(cccc13)CC2. The zero-order valence-corrected chi connectivity index (χ0v) is 10.8. The van der Waals surface area contributed by atoms with Crippen LogP contribution in [0.3, 0.4) is 0 Å². The molecule has 100 valence electrons. The molecule has 0 aliphatic heterocycles. The third-order valence-electron chi connectivity index (χ3n) is 4.06. The van der Waals surface area contributed by atoms with Crippen LogP contribution in [-0.4, -0.2) is 22.9 Å². The van der Waals surface area contributed by atoms with Gasteiger partial charge in [-0.15, -0.1) is 0 Å². The molecular formula is C16H19NO2. The highest BCUT2D eigenvalue weighted by molar-refractivity contribution is 5.93. The molecule has 0 radical (unpaired) electrons. The lowest BCUT2D eigenvalue weighted by molar-refractivity contribution is 0.0159. The Labute approximate surface area is 112 Å². The molecule has 0 fully saturated rings. The Balaban J connectivity index is 2.11. The molecule has 0 saturated heterocycles. The molecule has 3 nitrogen and oxygen atoms in total. The highest BCUT2D eigenvalue weighted by Crippen LogP contribution is 2.35. The summed E-state index contributed by atoms with van der Waals surface area (Å²) in [4.78, 5) is 0. The van der Waals surface area contributed by atoms with Crippen LogP contribution < -0.4 is 5.73 Å². The van der Waals surface area contributed by atoms with E-state index in [1.807, 2.05) is 18.2 Å². The summed E-state index contributed by atoms with van der Waals surface area (Å²) in [5.41, 5.74) is 8.94. The second kappa shape index (κ2) is 4.93. The lowest BCUT2D eigenvalue weighted by Gasteiger charge is -2.20. The number of benzene rings is 2. The fourth-order valence-electron chi connectivity index (χ4n) is 3.06. The van der Waals surface area contributed by atoms with Crippen LogP contribution in [-0.2, 0) is 12.8 Å². The van der Waals surface area contributed by atoms with Crippen molar-refractivity contribution in [3.05, 3.63) is 47.0 Å². The van der Waals surface area contributed by atoms with Gasteiger partial charge in [0.1, 0.15) is 6.10 Å². The number of rotatable bonds is 4. The molecule has 0 saturated carbocycles. The van der Waals surface area contributed by atoms with Crippen LogP contribution in [0, 0.1) is 0 Å². The van der Waals surface area contributed by atoms with E-state index in [1.54, 1.807) is 0 Å². The molecule has 19 heavy (non-hydrogen) atoms. The Kier molecular flexibility index (Phi) is 3.27. The Morgan fingerprint density at radius 2 is 1.79 bits per heavy atom. The van der Waals surface area contributed by atoms with Crippen LogP contribution in [0.2, 0.25) is 0 Å². The van der Waals surface area contributed by atoms with Gasteiger partial charge in [-0.3, -0.25) is 0 Å².